The maximum absolute atomic E-state index is 12.5. The minimum atomic E-state index is -0.671. The van der Waals surface area contributed by atoms with E-state index >= 15 is 0 Å². The van der Waals surface area contributed by atoms with E-state index in [0.29, 0.717) is 18.7 Å². The minimum Gasteiger partial charge on any atom is -0.461 e. The molecule has 0 saturated heterocycles. The topological polar surface area (TPSA) is 60.5 Å². The van der Waals surface area contributed by atoms with Crippen LogP contribution in [0.5, 0.6) is 5.75 Å². The zero-order chi connectivity index (χ0) is 19.8. The third-order valence-electron chi connectivity index (χ3n) is 4.77. The molecule has 5 heteroatoms. The molecule has 28 heavy (non-hydrogen) atoms. The number of pyridine rings is 1. The Kier molecular flexibility index (Phi) is 6.19. The molecule has 1 aromatic heterocycles. The fraction of sp³-hybridized carbons (Fsp3) is 0.478. The fourth-order valence-corrected chi connectivity index (χ4v) is 3.04. The van der Waals surface area contributed by atoms with Crippen LogP contribution in [0.2, 0.25) is 0 Å². The van der Waals surface area contributed by atoms with E-state index in [1.54, 1.807) is 6.20 Å². The van der Waals surface area contributed by atoms with Gasteiger partial charge in [0.2, 0.25) is 5.79 Å². The maximum Gasteiger partial charge on any atom is 0.251 e. The molecule has 1 amide bonds. The average molecular weight is 385 g/mol. The molecule has 0 aliphatic carbocycles. The molecule has 1 aromatic carbocycles. The Morgan fingerprint density at radius 1 is 1.21 bits per heavy atom. The van der Waals surface area contributed by atoms with Crippen LogP contribution in [0.15, 0.2) is 30.5 Å². The van der Waals surface area contributed by atoms with Crippen LogP contribution < -0.4 is 10.1 Å². The number of nitrogens with one attached hydrogen (secondary N) is 1. The Labute approximate surface area is 168 Å². The van der Waals surface area contributed by atoms with Crippen molar-refractivity contribution in [2.75, 3.05) is 0 Å². The van der Waals surface area contributed by atoms with E-state index in [1.165, 1.54) is 5.56 Å². The Hall–Kier alpha value is -2.40. The summed E-state index contributed by atoms with van der Waals surface area (Å²) in [5, 5.41) is 2.97. The van der Waals surface area contributed by atoms with Gasteiger partial charge in [-0.3, -0.25) is 9.78 Å². The van der Waals surface area contributed by atoms with Gasteiger partial charge in [0.25, 0.3) is 5.91 Å². The highest BCUT2D eigenvalue weighted by atomic mass is 16.7. The third-order valence-corrected chi connectivity index (χ3v) is 4.77. The fourth-order valence-electron chi connectivity index (χ4n) is 3.04. The molecule has 1 aliphatic heterocycles. The summed E-state index contributed by atoms with van der Waals surface area (Å²) in [6.45, 7) is 13.0. The predicted molar refractivity (Wildman–Crippen MR) is 112 cm³/mol. The summed E-state index contributed by atoms with van der Waals surface area (Å²) in [5.41, 5.74) is 4.60. The number of amides is 1. The lowest BCUT2D eigenvalue weighted by atomic mass is 9.87. The summed E-state index contributed by atoms with van der Waals surface area (Å²) < 4.78 is 11.7. The quantitative estimate of drug-likeness (QED) is 0.818. The van der Waals surface area contributed by atoms with Crippen molar-refractivity contribution in [3.05, 3.63) is 58.4 Å². The van der Waals surface area contributed by atoms with Crippen LogP contribution in [-0.2, 0) is 23.3 Å². The van der Waals surface area contributed by atoms with Crippen molar-refractivity contribution in [2.24, 2.45) is 0 Å². The molecule has 152 valence electrons. The van der Waals surface area contributed by atoms with Gasteiger partial charge in [0.15, 0.2) is 0 Å². The SMILES string of the molecule is C.Cc1ncc(CNC(=O)c2ccc(C(C)(C)C)cc2)c2c1OC(C)(C)OC2. The first-order valence-corrected chi connectivity index (χ1v) is 9.26. The number of hydrogen-bond acceptors (Lipinski definition) is 4. The van der Waals surface area contributed by atoms with E-state index < -0.39 is 5.79 Å². The number of aryl methyl sites for hydroxylation is 1. The summed E-state index contributed by atoms with van der Waals surface area (Å²) in [7, 11) is 0. The van der Waals surface area contributed by atoms with E-state index in [1.807, 2.05) is 45.0 Å². The van der Waals surface area contributed by atoms with Gasteiger partial charge in [0.1, 0.15) is 5.75 Å². The normalized spacial score (nSPS) is 15.1. The molecule has 0 atom stereocenters. The number of rotatable bonds is 3. The van der Waals surface area contributed by atoms with Crippen molar-refractivity contribution in [2.45, 2.75) is 73.3 Å². The van der Waals surface area contributed by atoms with E-state index in [0.717, 1.165) is 22.6 Å². The Morgan fingerprint density at radius 3 is 2.46 bits per heavy atom. The van der Waals surface area contributed by atoms with E-state index in [4.69, 9.17) is 9.47 Å². The van der Waals surface area contributed by atoms with Gasteiger partial charge in [0, 0.05) is 37.7 Å². The molecule has 0 fully saturated rings. The van der Waals surface area contributed by atoms with Gasteiger partial charge in [-0.25, -0.2) is 0 Å². The first-order valence-electron chi connectivity index (χ1n) is 9.26. The molecule has 0 radical (unpaired) electrons. The second kappa shape index (κ2) is 7.92. The highest BCUT2D eigenvalue weighted by molar-refractivity contribution is 5.94. The van der Waals surface area contributed by atoms with Gasteiger partial charge in [-0.1, -0.05) is 40.3 Å². The molecule has 0 bridgehead atoms. The summed E-state index contributed by atoms with van der Waals surface area (Å²) >= 11 is 0. The van der Waals surface area contributed by atoms with Crippen LogP contribution >= 0.6 is 0 Å². The van der Waals surface area contributed by atoms with Crippen LogP contribution in [-0.4, -0.2) is 16.7 Å². The van der Waals surface area contributed by atoms with E-state index in [2.05, 4.69) is 31.1 Å². The molecule has 3 rings (SSSR count). The number of ether oxygens (including phenoxy) is 2. The monoisotopic (exact) mass is 384 g/mol. The Bertz CT molecular complexity index is 849. The van der Waals surface area contributed by atoms with Crippen molar-refractivity contribution in [1.82, 2.24) is 10.3 Å². The Morgan fingerprint density at radius 2 is 1.86 bits per heavy atom. The standard InChI is InChI=1S/C22H28N2O3.CH4/c1-14-19-18(13-26-22(5,6)27-19)16(11-23-14)12-24-20(25)15-7-9-17(10-8-15)21(2,3)4;/h7-11H,12-13H2,1-6H3,(H,24,25);1H4. The van der Waals surface area contributed by atoms with Gasteiger partial charge in [-0.05, 0) is 35.6 Å². The van der Waals surface area contributed by atoms with Crippen molar-refractivity contribution < 1.29 is 14.3 Å². The summed E-state index contributed by atoms with van der Waals surface area (Å²) in [6.07, 6.45) is 1.78. The summed E-state index contributed by atoms with van der Waals surface area (Å²) in [4.78, 5) is 16.9. The van der Waals surface area contributed by atoms with Gasteiger partial charge >= 0.3 is 0 Å². The van der Waals surface area contributed by atoms with Gasteiger partial charge < -0.3 is 14.8 Å². The highest BCUT2D eigenvalue weighted by Gasteiger charge is 2.30. The number of fused-ring (bicyclic) bond motifs is 1. The van der Waals surface area contributed by atoms with Gasteiger partial charge in [-0.15, -0.1) is 0 Å². The number of nitrogens with zero attached hydrogens (tertiary/aromatic N) is 1. The first kappa shape index (κ1) is 21.9. The molecule has 1 aliphatic rings. The average Bonchev–Trinajstić information content (AvgIpc) is 2.60. The van der Waals surface area contributed by atoms with Crippen LogP contribution in [0.1, 0.15) is 74.8 Å². The van der Waals surface area contributed by atoms with E-state index in [-0.39, 0.29) is 18.7 Å². The molecule has 0 unspecified atom stereocenters. The maximum atomic E-state index is 12.5. The summed E-state index contributed by atoms with van der Waals surface area (Å²) in [5.74, 6) is -0.0221. The van der Waals surface area contributed by atoms with Gasteiger partial charge in [-0.2, -0.15) is 0 Å². The van der Waals surface area contributed by atoms with Crippen LogP contribution in [0.3, 0.4) is 0 Å². The number of aromatic nitrogens is 1. The largest absolute Gasteiger partial charge is 0.461 e. The van der Waals surface area contributed by atoms with Crippen molar-refractivity contribution in [1.29, 1.82) is 0 Å². The predicted octanol–water partition coefficient (Wildman–Crippen LogP) is 4.90. The second-order valence-corrected chi connectivity index (χ2v) is 8.48. The zero-order valence-electron chi connectivity index (χ0n) is 17.0. The van der Waals surface area contributed by atoms with Crippen molar-refractivity contribution >= 4 is 5.91 Å². The number of carbonyl (C=O) groups is 1. The molecule has 0 spiro atoms. The first-order chi connectivity index (χ1) is 12.6. The molecular formula is C23H32N2O3. The smallest absolute Gasteiger partial charge is 0.251 e. The summed E-state index contributed by atoms with van der Waals surface area (Å²) in [6, 6.07) is 7.75. The highest BCUT2D eigenvalue weighted by Crippen LogP contribution is 2.35. The molecular weight excluding hydrogens is 352 g/mol. The Balaban J connectivity index is 0.00000280. The zero-order valence-corrected chi connectivity index (χ0v) is 17.0. The molecule has 0 saturated carbocycles. The van der Waals surface area contributed by atoms with Crippen LogP contribution in [0, 0.1) is 6.92 Å². The number of benzene rings is 1. The lowest BCUT2D eigenvalue weighted by Crippen LogP contribution is -2.36. The molecule has 2 aromatic rings. The number of hydrogen-bond donors (Lipinski definition) is 1. The molecule has 2 heterocycles. The second-order valence-electron chi connectivity index (χ2n) is 8.48. The van der Waals surface area contributed by atoms with Crippen molar-refractivity contribution in [3.8, 4) is 5.75 Å². The van der Waals surface area contributed by atoms with Gasteiger partial charge in [0.05, 0.1) is 12.3 Å². The van der Waals surface area contributed by atoms with Crippen LogP contribution in [0.4, 0.5) is 0 Å². The third kappa shape index (κ3) is 4.71. The van der Waals surface area contributed by atoms with Crippen LogP contribution in [0.25, 0.3) is 0 Å². The molecule has 1 N–H and O–H groups in total. The molecule has 5 nitrogen and oxygen atoms in total. The van der Waals surface area contributed by atoms with E-state index in [9.17, 15) is 4.79 Å². The minimum absolute atomic E-state index is 0. The number of carbonyl (C=O) groups excluding carboxylic acids is 1. The lowest BCUT2D eigenvalue weighted by molar-refractivity contribution is -0.180. The van der Waals surface area contributed by atoms with Crippen molar-refractivity contribution in [3.63, 3.8) is 0 Å². The lowest BCUT2D eigenvalue weighted by Gasteiger charge is -2.34.